The number of aromatic hydroxyl groups is 1. The summed E-state index contributed by atoms with van der Waals surface area (Å²) in [6, 6.07) is 3.54. The molecule has 0 aliphatic heterocycles. The fourth-order valence-electron chi connectivity index (χ4n) is 1.66. The summed E-state index contributed by atoms with van der Waals surface area (Å²) < 4.78 is 5.71. The summed E-state index contributed by atoms with van der Waals surface area (Å²) in [7, 11) is 0. The lowest BCUT2D eigenvalue weighted by atomic mass is 10.0. The van der Waals surface area contributed by atoms with Gasteiger partial charge in [0.1, 0.15) is 5.75 Å². The normalized spacial score (nSPS) is 10.7. The predicted molar refractivity (Wildman–Crippen MR) is 65.2 cm³/mol. The van der Waals surface area contributed by atoms with Crippen molar-refractivity contribution in [1.29, 1.82) is 0 Å². The molecular weight excluding hydrogens is 272 g/mol. The Morgan fingerprint density at radius 3 is 2.56 bits per heavy atom. The minimum absolute atomic E-state index is 0.147. The van der Waals surface area contributed by atoms with Crippen LogP contribution in [0, 0.1) is 13.8 Å². The predicted octanol–water partition coefficient (Wildman–Crippen LogP) is 3.01. The Morgan fingerprint density at radius 2 is 2.00 bits per heavy atom. The minimum Gasteiger partial charge on any atom is -0.506 e. The lowest BCUT2D eigenvalue weighted by Gasteiger charge is -2.09. The van der Waals surface area contributed by atoms with Crippen LogP contribution >= 0.6 is 15.9 Å². The lowest BCUT2D eigenvalue weighted by Crippen LogP contribution is -1.87. The molecule has 0 fully saturated rings. The highest BCUT2D eigenvalue weighted by Crippen LogP contribution is 2.40. The van der Waals surface area contributed by atoms with Gasteiger partial charge in [-0.2, -0.15) is 0 Å². The topological polar surface area (TPSA) is 72.3 Å². The van der Waals surface area contributed by atoms with Crippen LogP contribution in [0.4, 0.5) is 5.82 Å². The monoisotopic (exact) mass is 282 g/mol. The third kappa shape index (κ3) is 1.67. The molecule has 5 heteroatoms. The van der Waals surface area contributed by atoms with E-state index in [9.17, 15) is 5.11 Å². The standard InChI is InChI=1S/C11H11BrN2O2/c1-5-3-6(2)10(12)11(15)9(5)7-4-8(13)14-16-7/h3-4,15H,1-2H3,(H2,13,14). The van der Waals surface area contributed by atoms with Crippen LogP contribution in [-0.2, 0) is 0 Å². The molecule has 0 aliphatic rings. The molecule has 0 radical (unpaired) electrons. The number of aryl methyl sites for hydroxylation is 2. The molecule has 4 nitrogen and oxygen atoms in total. The van der Waals surface area contributed by atoms with E-state index in [4.69, 9.17) is 10.3 Å². The second-order valence-electron chi connectivity index (χ2n) is 3.66. The maximum absolute atomic E-state index is 10.0. The van der Waals surface area contributed by atoms with E-state index in [-0.39, 0.29) is 5.75 Å². The van der Waals surface area contributed by atoms with Crippen LogP contribution in [0.2, 0.25) is 0 Å². The third-order valence-electron chi connectivity index (χ3n) is 2.39. The van der Waals surface area contributed by atoms with Gasteiger partial charge in [0.2, 0.25) is 0 Å². The number of anilines is 1. The van der Waals surface area contributed by atoms with Crippen LogP contribution in [0.3, 0.4) is 0 Å². The van der Waals surface area contributed by atoms with E-state index in [0.717, 1.165) is 11.1 Å². The van der Waals surface area contributed by atoms with Crippen LogP contribution in [0.15, 0.2) is 21.1 Å². The fourth-order valence-corrected chi connectivity index (χ4v) is 1.97. The van der Waals surface area contributed by atoms with Gasteiger partial charge in [-0.15, -0.1) is 0 Å². The van der Waals surface area contributed by atoms with Crippen LogP contribution in [0.5, 0.6) is 5.75 Å². The van der Waals surface area contributed by atoms with Gasteiger partial charge in [0.25, 0.3) is 0 Å². The molecule has 2 aromatic rings. The zero-order valence-electron chi connectivity index (χ0n) is 8.91. The number of hydrogen-bond donors (Lipinski definition) is 2. The van der Waals surface area contributed by atoms with Gasteiger partial charge in [0.05, 0.1) is 10.0 Å². The van der Waals surface area contributed by atoms with Gasteiger partial charge in [-0.25, -0.2) is 0 Å². The van der Waals surface area contributed by atoms with E-state index >= 15 is 0 Å². The Balaban J connectivity index is 2.70. The second-order valence-corrected chi connectivity index (χ2v) is 4.46. The van der Waals surface area contributed by atoms with Crippen LogP contribution in [0.25, 0.3) is 11.3 Å². The van der Waals surface area contributed by atoms with E-state index in [2.05, 4.69) is 21.1 Å². The number of nitrogens with zero attached hydrogens (tertiary/aromatic N) is 1. The molecule has 16 heavy (non-hydrogen) atoms. The average Bonchev–Trinajstić information content (AvgIpc) is 2.61. The van der Waals surface area contributed by atoms with Crippen molar-refractivity contribution >= 4 is 21.7 Å². The number of hydrogen-bond acceptors (Lipinski definition) is 4. The van der Waals surface area contributed by atoms with Gasteiger partial charge in [0, 0.05) is 6.07 Å². The Labute approximate surface area is 101 Å². The van der Waals surface area contributed by atoms with Crippen molar-refractivity contribution in [3.05, 3.63) is 27.7 Å². The SMILES string of the molecule is Cc1cc(C)c(-c2cc(N)no2)c(O)c1Br. The third-order valence-corrected chi connectivity index (χ3v) is 3.39. The molecule has 0 bridgehead atoms. The van der Waals surface area contributed by atoms with Crippen molar-refractivity contribution in [3.63, 3.8) is 0 Å². The maximum Gasteiger partial charge on any atom is 0.173 e. The van der Waals surface area contributed by atoms with Gasteiger partial charge in [0.15, 0.2) is 11.6 Å². The molecule has 1 heterocycles. The molecule has 0 atom stereocenters. The van der Waals surface area contributed by atoms with E-state index in [1.165, 1.54) is 0 Å². The molecule has 3 N–H and O–H groups in total. The number of halogens is 1. The van der Waals surface area contributed by atoms with Crippen molar-refractivity contribution in [2.24, 2.45) is 0 Å². The summed E-state index contributed by atoms with van der Waals surface area (Å²) in [5, 5.41) is 13.7. The molecular formula is C11H11BrN2O2. The highest BCUT2D eigenvalue weighted by Gasteiger charge is 2.17. The van der Waals surface area contributed by atoms with Gasteiger partial charge < -0.3 is 15.4 Å². The number of phenols is 1. The van der Waals surface area contributed by atoms with Crippen LogP contribution in [-0.4, -0.2) is 10.3 Å². The zero-order valence-corrected chi connectivity index (χ0v) is 10.5. The van der Waals surface area contributed by atoms with E-state index in [1.807, 2.05) is 19.9 Å². The quantitative estimate of drug-likeness (QED) is 0.843. The maximum atomic E-state index is 10.0. The minimum atomic E-state index is 0.147. The number of nitrogens with two attached hydrogens (primary N) is 1. The summed E-state index contributed by atoms with van der Waals surface area (Å²) in [6.45, 7) is 3.81. The number of aromatic nitrogens is 1. The first kappa shape index (κ1) is 11.0. The molecule has 0 saturated heterocycles. The number of rotatable bonds is 1. The molecule has 84 valence electrons. The molecule has 0 aliphatic carbocycles. The molecule has 0 amide bonds. The summed E-state index contributed by atoms with van der Waals surface area (Å²) in [5.41, 5.74) is 7.97. The Bertz CT molecular complexity index is 549. The first-order valence-corrected chi connectivity index (χ1v) is 5.51. The van der Waals surface area contributed by atoms with Gasteiger partial charge >= 0.3 is 0 Å². The van der Waals surface area contributed by atoms with Gasteiger partial charge in [-0.1, -0.05) is 11.2 Å². The highest BCUT2D eigenvalue weighted by atomic mass is 79.9. The smallest absolute Gasteiger partial charge is 0.173 e. The van der Waals surface area contributed by atoms with Gasteiger partial charge in [-0.3, -0.25) is 0 Å². The van der Waals surface area contributed by atoms with Crippen molar-refractivity contribution < 1.29 is 9.63 Å². The summed E-state index contributed by atoms with van der Waals surface area (Å²) >= 11 is 3.32. The Morgan fingerprint density at radius 1 is 1.31 bits per heavy atom. The van der Waals surface area contributed by atoms with E-state index in [1.54, 1.807) is 6.07 Å². The molecule has 0 saturated carbocycles. The number of benzene rings is 1. The molecule has 1 aromatic carbocycles. The van der Waals surface area contributed by atoms with E-state index in [0.29, 0.717) is 21.6 Å². The largest absolute Gasteiger partial charge is 0.506 e. The molecule has 2 rings (SSSR count). The molecule has 0 unspecified atom stereocenters. The molecule has 0 spiro atoms. The van der Waals surface area contributed by atoms with Crippen molar-refractivity contribution in [2.75, 3.05) is 5.73 Å². The number of nitrogen functional groups attached to an aromatic ring is 1. The van der Waals surface area contributed by atoms with Crippen molar-refractivity contribution in [2.45, 2.75) is 13.8 Å². The highest BCUT2D eigenvalue weighted by molar-refractivity contribution is 9.10. The summed E-state index contributed by atoms with van der Waals surface area (Å²) in [6.07, 6.45) is 0. The molecule has 1 aromatic heterocycles. The second kappa shape index (κ2) is 3.83. The number of phenolic OH excluding ortho intramolecular Hbond substituents is 1. The Kier molecular flexibility index (Phi) is 2.63. The van der Waals surface area contributed by atoms with Gasteiger partial charge in [-0.05, 0) is 40.9 Å². The lowest BCUT2D eigenvalue weighted by molar-refractivity contribution is 0.428. The van der Waals surface area contributed by atoms with Crippen LogP contribution < -0.4 is 5.73 Å². The first-order chi connectivity index (χ1) is 7.50. The summed E-state index contributed by atoms with van der Waals surface area (Å²) in [4.78, 5) is 0. The van der Waals surface area contributed by atoms with E-state index < -0.39 is 0 Å². The fraction of sp³-hybridized carbons (Fsp3) is 0.182. The zero-order chi connectivity index (χ0) is 11.9. The van der Waals surface area contributed by atoms with Crippen molar-refractivity contribution in [3.8, 4) is 17.1 Å². The first-order valence-electron chi connectivity index (χ1n) is 4.72. The summed E-state index contributed by atoms with van der Waals surface area (Å²) in [5.74, 6) is 0.910. The Hall–Kier alpha value is -1.49. The average molecular weight is 283 g/mol. The van der Waals surface area contributed by atoms with Crippen molar-refractivity contribution in [1.82, 2.24) is 5.16 Å². The van der Waals surface area contributed by atoms with Crippen LogP contribution in [0.1, 0.15) is 11.1 Å².